The fourth-order valence-corrected chi connectivity index (χ4v) is 7.52. The Kier molecular flexibility index (Phi) is 11.2. The molecule has 5 rings (SSSR count). The third kappa shape index (κ3) is 9.55. The first-order chi connectivity index (χ1) is 24.0. The van der Waals surface area contributed by atoms with Crippen LogP contribution in [0, 0.1) is 0 Å². The van der Waals surface area contributed by atoms with Crippen LogP contribution in [-0.2, 0) is 43.2 Å². The lowest BCUT2D eigenvalue weighted by Gasteiger charge is -2.21. The molecule has 1 aliphatic carbocycles. The lowest BCUT2D eigenvalue weighted by Crippen LogP contribution is -2.20. The minimum absolute atomic E-state index is 0.163. The molecule has 0 fully saturated rings. The highest BCUT2D eigenvalue weighted by molar-refractivity contribution is 7.86. The zero-order valence-electron chi connectivity index (χ0n) is 27.8. The van der Waals surface area contributed by atoms with E-state index in [2.05, 4.69) is 0 Å². The molecule has 0 atom stereocenters. The van der Waals surface area contributed by atoms with E-state index in [9.17, 15) is 38.9 Å². The van der Waals surface area contributed by atoms with Crippen LogP contribution in [0.15, 0.2) is 142 Å². The molecule has 266 valence electrons. The van der Waals surface area contributed by atoms with E-state index in [1.54, 1.807) is 36.4 Å². The Bertz CT molecular complexity index is 2400. The standard InChI is InChI=1S/C37H36N2O9S3/c1-38(23-21-27-7-5-9-33(25-27)49(40,41)42)31-17-13-29(14-18-31)37(35-11-3-4-12-36(35)51(46,47)48)30-15-19-32(20-16-30)39(2)24-22-28-8-6-10-34(26-28)50(43,44)45/h3-20,25-26H,21-24H2,1-2H3,(H2-,40,41,42,43,44,45,46,47,48)/p+1. The SMILES string of the molecule is CN(CCc1cccc(S(=O)(=O)O)c1)c1ccc(C(=C2C=CC(=[N+](C)CCc3cccc(S(=O)(=O)O)c3)C=C2)c2ccccc2S(=O)(=O)O)cc1. The van der Waals surface area contributed by atoms with Gasteiger partial charge in [-0.25, -0.2) is 4.58 Å². The minimum Gasteiger partial charge on any atom is -0.374 e. The van der Waals surface area contributed by atoms with Crippen LogP contribution in [0.5, 0.6) is 0 Å². The first-order valence-corrected chi connectivity index (χ1v) is 20.0. The van der Waals surface area contributed by atoms with Crippen LogP contribution < -0.4 is 4.90 Å². The van der Waals surface area contributed by atoms with E-state index in [0.717, 1.165) is 22.5 Å². The van der Waals surface area contributed by atoms with E-state index in [1.165, 1.54) is 36.4 Å². The quantitative estimate of drug-likeness (QED) is 0.127. The number of anilines is 1. The highest BCUT2D eigenvalue weighted by atomic mass is 32.2. The topological polar surface area (TPSA) is 169 Å². The van der Waals surface area contributed by atoms with Gasteiger partial charge in [-0.05, 0) is 88.9 Å². The fraction of sp³-hybridized carbons (Fsp3) is 0.162. The monoisotopic (exact) mass is 749 g/mol. The third-order valence-electron chi connectivity index (χ3n) is 8.49. The Labute approximate surface area is 298 Å². The summed E-state index contributed by atoms with van der Waals surface area (Å²) in [5, 5.41) is 0. The smallest absolute Gasteiger partial charge is 0.295 e. The van der Waals surface area contributed by atoms with E-state index in [-0.39, 0.29) is 14.7 Å². The maximum atomic E-state index is 12.5. The third-order valence-corrected chi connectivity index (χ3v) is 11.1. The first kappa shape index (κ1) is 37.6. The Hall–Kier alpha value is -4.70. The van der Waals surface area contributed by atoms with Crippen molar-refractivity contribution in [2.24, 2.45) is 0 Å². The number of hydrogen-bond donors (Lipinski definition) is 3. The Morgan fingerprint density at radius 3 is 1.75 bits per heavy atom. The van der Waals surface area contributed by atoms with Crippen LogP contribution in [0.2, 0.25) is 0 Å². The lowest BCUT2D eigenvalue weighted by atomic mass is 9.90. The highest BCUT2D eigenvalue weighted by Crippen LogP contribution is 2.34. The molecule has 14 heteroatoms. The van der Waals surface area contributed by atoms with Crippen LogP contribution >= 0.6 is 0 Å². The van der Waals surface area contributed by atoms with Crippen LogP contribution in [0.4, 0.5) is 5.69 Å². The molecule has 0 spiro atoms. The summed E-state index contributed by atoms with van der Waals surface area (Å²) in [5.74, 6) is 0. The van der Waals surface area contributed by atoms with Gasteiger partial charge in [0, 0.05) is 43.4 Å². The minimum atomic E-state index is -4.57. The van der Waals surface area contributed by atoms with Gasteiger partial charge in [-0.3, -0.25) is 13.7 Å². The van der Waals surface area contributed by atoms with E-state index in [4.69, 9.17) is 0 Å². The van der Waals surface area contributed by atoms with Crippen LogP contribution in [0.1, 0.15) is 22.3 Å². The average Bonchev–Trinajstić information content (AvgIpc) is 3.09. The Balaban J connectivity index is 1.43. The van der Waals surface area contributed by atoms with Crippen molar-refractivity contribution >= 4 is 47.3 Å². The van der Waals surface area contributed by atoms with E-state index >= 15 is 0 Å². The Morgan fingerprint density at radius 1 is 0.647 bits per heavy atom. The lowest BCUT2D eigenvalue weighted by molar-refractivity contribution is -0.495. The predicted octanol–water partition coefficient (Wildman–Crippen LogP) is 5.36. The first-order valence-electron chi connectivity index (χ1n) is 15.7. The van der Waals surface area contributed by atoms with Crippen LogP contribution in [-0.4, -0.2) is 76.4 Å². The van der Waals surface area contributed by atoms with Crippen molar-refractivity contribution in [1.29, 1.82) is 0 Å². The van der Waals surface area contributed by atoms with Crippen molar-refractivity contribution in [1.82, 2.24) is 0 Å². The molecule has 0 heterocycles. The van der Waals surface area contributed by atoms with Gasteiger partial charge in [0.25, 0.3) is 30.4 Å². The summed E-state index contributed by atoms with van der Waals surface area (Å²) >= 11 is 0. The largest absolute Gasteiger partial charge is 0.374 e. The summed E-state index contributed by atoms with van der Waals surface area (Å²) in [4.78, 5) is 1.42. The van der Waals surface area contributed by atoms with Gasteiger partial charge in [0.05, 0.1) is 9.79 Å². The second-order valence-electron chi connectivity index (χ2n) is 12.0. The molecule has 0 aromatic heterocycles. The molecule has 4 aromatic carbocycles. The summed E-state index contributed by atoms with van der Waals surface area (Å²) in [7, 11) is -9.41. The molecule has 0 saturated carbocycles. The number of rotatable bonds is 12. The van der Waals surface area contributed by atoms with Gasteiger partial charge in [0.15, 0.2) is 5.71 Å². The van der Waals surface area contributed by atoms with Crippen molar-refractivity contribution in [2.75, 3.05) is 32.1 Å². The van der Waals surface area contributed by atoms with Gasteiger partial charge in [-0.15, -0.1) is 0 Å². The molecule has 0 unspecified atom stereocenters. The van der Waals surface area contributed by atoms with Crippen molar-refractivity contribution in [2.45, 2.75) is 27.5 Å². The van der Waals surface area contributed by atoms with Gasteiger partial charge in [0.1, 0.15) is 18.5 Å². The van der Waals surface area contributed by atoms with Gasteiger partial charge in [-0.1, -0.05) is 54.6 Å². The molecule has 11 nitrogen and oxygen atoms in total. The molecule has 0 radical (unpaired) electrons. The normalized spacial score (nSPS) is 13.4. The number of benzene rings is 4. The van der Waals surface area contributed by atoms with E-state index in [0.29, 0.717) is 48.2 Å². The molecule has 51 heavy (non-hydrogen) atoms. The van der Waals surface area contributed by atoms with E-state index in [1.807, 2.05) is 72.1 Å². The Morgan fingerprint density at radius 2 is 1.20 bits per heavy atom. The van der Waals surface area contributed by atoms with Gasteiger partial charge < -0.3 is 4.90 Å². The molecule has 3 N–H and O–H groups in total. The predicted molar refractivity (Wildman–Crippen MR) is 196 cm³/mol. The zero-order valence-corrected chi connectivity index (χ0v) is 30.2. The molecule has 1 aliphatic rings. The molecule has 0 aliphatic heterocycles. The van der Waals surface area contributed by atoms with Crippen molar-refractivity contribution in [3.05, 3.63) is 149 Å². The van der Waals surface area contributed by atoms with Crippen molar-refractivity contribution in [3.8, 4) is 0 Å². The van der Waals surface area contributed by atoms with Crippen molar-refractivity contribution in [3.63, 3.8) is 0 Å². The van der Waals surface area contributed by atoms with Crippen LogP contribution in [0.25, 0.3) is 5.57 Å². The summed E-state index contributed by atoms with van der Waals surface area (Å²) < 4.78 is 102. The molecule has 0 amide bonds. The molecular weight excluding hydrogens is 713 g/mol. The summed E-state index contributed by atoms with van der Waals surface area (Å²) in [6.07, 6.45) is 8.53. The summed E-state index contributed by atoms with van der Waals surface area (Å²) in [6, 6.07) is 26.0. The maximum absolute atomic E-state index is 12.5. The second-order valence-corrected chi connectivity index (χ2v) is 16.3. The highest BCUT2D eigenvalue weighted by Gasteiger charge is 2.22. The number of nitrogens with zero attached hydrogens (tertiary/aromatic N) is 2. The number of likely N-dealkylation sites (N-methyl/N-ethyl adjacent to an activating group) is 2. The second kappa shape index (κ2) is 15.3. The molecule has 0 bridgehead atoms. The molecule has 0 saturated heterocycles. The van der Waals surface area contributed by atoms with Gasteiger partial charge >= 0.3 is 0 Å². The number of hydrogen-bond acceptors (Lipinski definition) is 7. The van der Waals surface area contributed by atoms with E-state index < -0.39 is 30.4 Å². The molecule has 4 aromatic rings. The van der Waals surface area contributed by atoms with Gasteiger partial charge in [0.2, 0.25) is 0 Å². The maximum Gasteiger partial charge on any atom is 0.295 e. The van der Waals surface area contributed by atoms with Gasteiger partial charge in [-0.2, -0.15) is 25.3 Å². The summed E-state index contributed by atoms with van der Waals surface area (Å²) in [5.41, 5.74) is 5.48. The van der Waals surface area contributed by atoms with Crippen LogP contribution in [0.3, 0.4) is 0 Å². The molecular formula is C37H37N2O9S3+. The average molecular weight is 750 g/mol. The zero-order chi connectivity index (χ0) is 37.0. The number of allylic oxidation sites excluding steroid dienone is 5. The summed E-state index contributed by atoms with van der Waals surface area (Å²) in [6.45, 7) is 1.08. The van der Waals surface area contributed by atoms with Crippen molar-refractivity contribution < 1.29 is 43.5 Å². The fourth-order valence-electron chi connectivity index (χ4n) is 5.72.